The maximum Gasteiger partial charge on any atom is 0.345 e. The second kappa shape index (κ2) is 12.0. The van der Waals surface area contributed by atoms with Crippen LogP contribution in [0, 0.1) is 0 Å². The SMILES string of the molecule is COC(=O)COc1ccc(N(C)C(=O)N2CSC(N3CCNCC3)=N2)cc1.Cl.Cl. The van der Waals surface area contributed by atoms with E-state index in [9.17, 15) is 9.59 Å². The van der Waals surface area contributed by atoms with Gasteiger partial charge in [-0.1, -0.05) is 11.8 Å². The second-order valence-electron chi connectivity index (χ2n) is 5.99. The number of amidine groups is 1. The molecule has 0 radical (unpaired) electrons. The van der Waals surface area contributed by atoms with E-state index in [-0.39, 0.29) is 37.5 Å². The minimum atomic E-state index is -0.448. The third kappa shape index (κ3) is 6.56. The number of carbonyl (C=O) groups excluding carboxylic acids is 2. The van der Waals surface area contributed by atoms with E-state index < -0.39 is 5.97 Å². The predicted molar refractivity (Wildman–Crippen MR) is 118 cm³/mol. The van der Waals surface area contributed by atoms with Crippen LogP contribution in [0.5, 0.6) is 5.75 Å². The molecule has 29 heavy (non-hydrogen) atoms. The van der Waals surface area contributed by atoms with Crippen molar-refractivity contribution < 1.29 is 19.1 Å². The highest BCUT2D eigenvalue weighted by Gasteiger charge is 2.28. The van der Waals surface area contributed by atoms with E-state index in [0.29, 0.717) is 17.3 Å². The summed E-state index contributed by atoms with van der Waals surface area (Å²) in [6.45, 7) is 3.50. The number of hydrogen-bond acceptors (Lipinski definition) is 8. The maximum absolute atomic E-state index is 12.7. The molecule has 0 aliphatic carbocycles. The van der Waals surface area contributed by atoms with E-state index in [2.05, 4.69) is 20.1 Å². The fourth-order valence-electron chi connectivity index (χ4n) is 2.64. The van der Waals surface area contributed by atoms with Crippen LogP contribution in [-0.4, -0.2) is 79.9 Å². The van der Waals surface area contributed by atoms with Gasteiger partial charge in [0.25, 0.3) is 0 Å². The summed E-state index contributed by atoms with van der Waals surface area (Å²) < 4.78 is 9.84. The number of carbonyl (C=O) groups is 2. The second-order valence-corrected chi connectivity index (χ2v) is 6.90. The number of esters is 1. The molecule has 162 valence electrons. The molecule has 9 nitrogen and oxygen atoms in total. The largest absolute Gasteiger partial charge is 0.482 e. The molecule has 0 spiro atoms. The first-order valence-electron chi connectivity index (χ1n) is 8.60. The van der Waals surface area contributed by atoms with Crippen LogP contribution in [0.1, 0.15) is 0 Å². The molecule has 0 bridgehead atoms. The van der Waals surface area contributed by atoms with E-state index in [0.717, 1.165) is 31.3 Å². The van der Waals surface area contributed by atoms with Gasteiger partial charge in [-0.3, -0.25) is 4.90 Å². The molecule has 3 rings (SSSR count). The molecule has 1 aromatic rings. The van der Waals surface area contributed by atoms with Gasteiger partial charge in [0.2, 0.25) is 0 Å². The van der Waals surface area contributed by atoms with Crippen molar-refractivity contribution in [3.63, 3.8) is 0 Å². The number of urea groups is 1. The average Bonchev–Trinajstić information content (AvgIpc) is 3.22. The molecule has 1 N–H and O–H groups in total. The van der Waals surface area contributed by atoms with Crippen LogP contribution in [0.4, 0.5) is 10.5 Å². The van der Waals surface area contributed by atoms with Gasteiger partial charge in [-0.05, 0) is 24.3 Å². The summed E-state index contributed by atoms with van der Waals surface area (Å²) in [7, 11) is 3.01. The molecular formula is C17H25Cl2N5O4S. The van der Waals surface area contributed by atoms with Crippen LogP contribution >= 0.6 is 36.6 Å². The lowest BCUT2D eigenvalue weighted by Crippen LogP contribution is -2.45. The van der Waals surface area contributed by atoms with Crippen molar-refractivity contribution in [2.75, 3.05) is 57.7 Å². The summed E-state index contributed by atoms with van der Waals surface area (Å²) in [5.41, 5.74) is 0.709. The minimum Gasteiger partial charge on any atom is -0.482 e. The highest BCUT2D eigenvalue weighted by atomic mass is 35.5. The molecular weight excluding hydrogens is 441 g/mol. The number of piperazine rings is 1. The van der Waals surface area contributed by atoms with Crippen molar-refractivity contribution in [1.82, 2.24) is 15.2 Å². The summed E-state index contributed by atoms with van der Waals surface area (Å²) in [6, 6.07) is 6.73. The van der Waals surface area contributed by atoms with Crippen LogP contribution in [0.3, 0.4) is 0 Å². The number of benzene rings is 1. The van der Waals surface area contributed by atoms with E-state index in [1.54, 1.807) is 43.1 Å². The zero-order valence-electron chi connectivity index (χ0n) is 16.2. The smallest absolute Gasteiger partial charge is 0.345 e. The van der Waals surface area contributed by atoms with Gasteiger partial charge in [0.15, 0.2) is 11.8 Å². The van der Waals surface area contributed by atoms with Crippen molar-refractivity contribution in [2.45, 2.75) is 0 Å². The molecule has 0 unspecified atom stereocenters. The first kappa shape index (κ1) is 25.2. The fraction of sp³-hybridized carbons (Fsp3) is 0.471. The van der Waals surface area contributed by atoms with Gasteiger partial charge in [0, 0.05) is 38.9 Å². The highest BCUT2D eigenvalue weighted by Crippen LogP contribution is 2.24. The molecule has 12 heteroatoms. The van der Waals surface area contributed by atoms with Crippen LogP contribution in [0.15, 0.2) is 29.4 Å². The quantitative estimate of drug-likeness (QED) is 0.678. The van der Waals surface area contributed by atoms with Gasteiger partial charge in [0.05, 0.1) is 13.0 Å². The van der Waals surface area contributed by atoms with E-state index >= 15 is 0 Å². The maximum atomic E-state index is 12.7. The molecule has 0 saturated carbocycles. The number of methoxy groups -OCH3 is 1. The number of hydrogen-bond donors (Lipinski definition) is 1. The number of rotatable bonds is 4. The van der Waals surface area contributed by atoms with Crippen LogP contribution < -0.4 is 15.0 Å². The molecule has 2 heterocycles. The zero-order valence-corrected chi connectivity index (χ0v) is 18.6. The molecule has 0 atom stereocenters. The number of thioether (sulfide) groups is 1. The first-order valence-corrected chi connectivity index (χ1v) is 9.59. The van der Waals surface area contributed by atoms with Crippen molar-refractivity contribution in [2.24, 2.45) is 5.10 Å². The van der Waals surface area contributed by atoms with Crippen LogP contribution in [0.25, 0.3) is 0 Å². The number of amides is 2. The molecule has 1 aromatic carbocycles. The van der Waals surface area contributed by atoms with E-state index in [4.69, 9.17) is 4.74 Å². The Hall–Kier alpha value is -1.88. The van der Waals surface area contributed by atoms with Crippen molar-refractivity contribution >= 4 is 59.4 Å². The Balaban J connectivity index is 0.00000210. The third-order valence-corrected chi connectivity index (χ3v) is 5.20. The first-order chi connectivity index (χ1) is 13.1. The Morgan fingerprint density at radius 1 is 1.21 bits per heavy atom. The molecule has 0 aromatic heterocycles. The van der Waals surface area contributed by atoms with Crippen LogP contribution in [-0.2, 0) is 9.53 Å². The van der Waals surface area contributed by atoms with Crippen molar-refractivity contribution in [3.05, 3.63) is 24.3 Å². The standard InChI is InChI=1S/C17H23N5O4S.2ClH/c1-20(13-3-5-14(6-4-13)26-11-15(23)25-2)17(24)22-12-27-16(19-22)21-9-7-18-8-10-21;;/h3-6,18H,7-12H2,1-2H3;2*1H. The Morgan fingerprint density at radius 3 is 2.48 bits per heavy atom. The molecule has 1 fully saturated rings. The van der Waals surface area contributed by atoms with Gasteiger partial charge in [-0.25, -0.2) is 14.6 Å². The zero-order chi connectivity index (χ0) is 19.2. The number of ether oxygens (including phenoxy) is 2. The normalized spacial score (nSPS) is 15.6. The minimum absolute atomic E-state index is 0. The summed E-state index contributed by atoms with van der Waals surface area (Å²) in [6.07, 6.45) is 0. The van der Waals surface area contributed by atoms with Gasteiger partial charge in [0.1, 0.15) is 5.75 Å². The number of anilines is 1. The van der Waals surface area contributed by atoms with Crippen molar-refractivity contribution in [1.29, 1.82) is 0 Å². The summed E-state index contributed by atoms with van der Waals surface area (Å²) >= 11 is 1.57. The topological polar surface area (TPSA) is 86.7 Å². The predicted octanol–water partition coefficient (Wildman–Crippen LogP) is 1.82. The van der Waals surface area contributed by atoms with Gasteiger partial charge in [-0.2, -0.15) is 0 Å². The fourth-order valence-corrected chi connectivity index (χ4v) is 3.57. The monoisotopic (exact) mass is 465 g/mol. The van der Waals surface area contributed by atoms with Crippen molar-refractivity contribution in [3.8, 4) is 5.75 Å². The molecule has 2 aliphatic heterocycles. The van der Waals surface area contributed by atoms with Gasteiger partial charge in [-0.15, -0.1) is 29.9 Å². The Labute approximate surface area is 186 Å². The van der Waals surface area contributed by atoms with Gasteiger partial charge >= 0.3 is 12.0 Å². The van der Waals surface area contributed by atoms with E-state index in [1.165, 1.54) is 17.0 Å². The number of nitrogens with one attached hydrogen (secondary N) is 1. The molecule has 1 saturated heterocycles. The lowest BCUT2D eigenvalue weighted by molar-refractivity contribution is -0.142. The van der Waals surface area contributed by atoms with Crippen LogP contribution in [0.2, 0.25) is 0 Å². The number of nitrogens with zero attached hydrogens (tertiary/aromatic N) is 4. The Bertz CT molecular complexity index is 716. The lowest BCUT2D eigenvalue weighted by Gasteiger charge is -2.27. The molecule has 2 amide bonds. The lowest BCUT2D eigenvalue weighted by atomic mass is 10.3. The summed E-state index contributed by atoms with van der Waals surface area (Å²) in [5, 5.41) is 10.2. The number of halogens is 2. The Morgan fingerprint density at radius 2 is 1.86 bits per heavy atom. The number of hydrazone groups is 1. The summed E-state index contributed by atoms with van der Waals surface area (Å²) in [5.74, 6) is 0.583. The van der Waals surface area contributed by atoms with Gasteiger partial charge < -0.3 is 19.7 Å². The summed E-state index contributed by atoms with van der Waals surface area (Å²) in [4.78, 5) is 27.6. The molecule has 2 aliphatic rings. The van der Waals surface area contributed by atoms with E-state index in [1.807, 2.05) is 0 Å². The third-order valence-electron chi connectivity index (χ3n) is 4.23. The average molecular weight is 466 g/mol. The highest BCUT2D eigenvalue weighted by molar-refractivity contribution is 8.14. The Kier molecular flexibility index (Phi) is 10.4.